The Labute approximate surface area is 66.2 Å². The number of anilines is 1. The van der Waals surface area contributed by atoms with Gasteiger partial charge in [-0.3, -0.25) is 0 Å². The molecular weight excluding hydrogens is 138 g/mol. The van der Waals surface area contributed by atoms with Crippen LogP contribution in [0.4, 0.5) is 5.95 Å². The first-order valence-electron chi connectivity index (χ1n) is 4.10. The lowest BCUT2D eigenvalue weighted by Crippen LogP contribution is -2.34. The fourth-order valence-electron chi connectivity index (χ4n) is 1.56. The van der Waals surface area contributed by atoms with Gasteiger partial charge < -0.3 is 10.3 Å². The van der Waals surface area contributed by atoms with Crippen molar-refractivity contribution in [1.29, 1.82) is 0 Å². The summed E-state index contributed by atoms with van der Waals surface area (Å²) in [5.41, 5.74) is 0. The molecule has 1 heterocycles. The summed E-state index contributed by atoms with van der Waals surface area (Å²) in [6, 6.07) is 0.649. The third-order valence-corrected chi connectivity index (χ3v) is 2.21. The van der Waals surface area contributed by atoms with Gasteiger partial charge in [-0.15, -0.1) is 0 Å². The highest BCUT2D eigenvalue weighted by atomic mass is 15.1. The first-order valence-corrected chi connectivity index (χ1v) is 4.10. The molecule has 60 valence electrons. The van der Waals surface area contributed by atoms with Crippen molar-refractivity contribution in [2.24, 2.45) is 5.92 Å². The molecule has 0 radical (unpaired) electrons. The van der Waals surface area contributed by atoms with E-state index in [1.165, 1.54) is 12.8 Å². The van der Waals surface area contributed by atoms with Gasteiger partial charge in [0.1, 0.15) is 0 Å². The number of imidazole rings is 1. The summed E-state index contributed by atoms with van der Waals surface area (Å²) < 4.78 is 0. The van der Waals surface area contributed by atoms with Gasteiger partial charge in [-0.1, -0.05) is 6.92 Å². The van der Waals surface area contributed by atoms with E-state index in [1.807, 2.05) is 6.20 Å². The maximum Gasteiger partial charge on any atom is 0.200 e. The molecule has 0 amide bonds. The number of nitrogens with one attached hydrogen (secondary N) is 2. The molecule has 0 aromatic carbocycles. The van der Waals surface area contributed by atoms with Crippen molar-refractivity contribution in [3.05, 3.63) is 12.4 Å². The normalized spacial score (nSPS) is 29.5. The van der Waals surface area contributed by atoms with Gasteiger partial charge in [0.25, 0.3) is 0 Å². The zero-order valence-electron chi connectivity index (χ0n) is 6.67. The molecule has 1 aromatic heterocycles. The number of aromatic amines is 1. The summed E-state index contributed by atoms with van der Waals surface area (Å²) in [7, 11) is 0. The van der Waals surface area contributed by atoms with Crippen LogP contribution >= 0.6 is 0 Å². The van der Waals surface area contributed by atoms with Crippen molar-refractivity contribution in [2.45, 2.75) is 25.8 Å². The zero-order chi connectivity index (χ0) is 7.68. The van der Waals surface area contributed by atoms with Gasteiger partial charge in [0.15, 0.2) is 5.95 Å². The second-order valence-corrected chi connectivity index (χ2v) is 3.36. The Morgan fingerprint density at radius 1 is 1.64 bits per heavy atom. The van der Waals surface area contributed by atoms with Crippen LogP contribution in [0.25, 0.3) is 0 Å². The maximum atomic E-state index is 4.10. The summed E-state index contributed by atoms with van der Waals surface area (Å²) in [6.07, 6.45) is 6.16. The van der Waals surface area contributed by atoms with E-state index in [-0.39, 0.29) is 0 Å². The highest BCUT2D eigenvalue weighted by Crippen LogP contribution is 2.28. The second-order valence-electron chi connectivity index (χ2n) is 3.36. The lowest BCUT2D eigenvalue weighted by atomic mass is 9.82. The van der Waals surface area contributed by atoms with Gasteiger partial charge in [0.2, 0.25) is 0 Å². The van der Waals surface area contributed by atoms with Crippen LogP contribution in [-0.2, 0) is 0 Å². The van der Waals surface area contributed by atoms with Gasteiger partial charge in [-0.2, -0.15) is 0 Å². The van der Waals surface area contributed by atoms with Gasteiger partial charge in [0.05, 0.1) is 0 Å². The number of hydrogen-bond acceptors (Lipinski definition) is 2. The Hall–Kier alpha value is -0.990. The lowest BCUT2D eigenvalue weighted by molar-refractivity contribution is 0.308. The van der Waals surface area contributed by atoms with Crippen LogP contribution in [0.2, 0.25) is 0 Å². The monoisotopic (exact) mass is 151 g/mol. The fourth-order valence-corrected chi connectivity index (χ4v) is 1.56. The summed E-state index contributed by atoms with van der Waals surface area (Å²) in [5.74, 6) is 1.80. The Morgan fingerprint density at radius 2 is 2.45 bits per heavy atom. The van der Waals surface area contributed by atoms with Crippen molar-refractivity contribution in [2.75, 3.05) is 5.32 Å². The Morgan fingerprint density at radius 3 is 3.00 bits per heavy atom. The van der Waals surface area contributed by atoms with Gasteiger partial charge in [0, 0.05) is 18.4 Å². The van der Waals surface area contributed by atoms with E-state index in [0.29, 0.717) is 6.04 Å². The van der Waals surface area contributed by atoms with Crippen molar-refractivity contribution in [3.8, 4) is 0 Å². The molecule has 1 aliphatic carbocycles. The molecule has 1 fully saturated rings. The van der Waals surface area contributed by atoms with Crippen LogP contribution in [-0.4, -0.2) is 16.0 Å². The van der Waals surface area contributed by atoms with Crippen LogP contribution in [0.3, 0.4) is 0 Å². The largest absolute Gasteiger partial charge is 0.353 e. The zero-order valence-corrected chi connectivity index (χ0v) is 6.67. The Kier molecular flexibility index (Phi) is 1.56. The minimum atomic E-state index is 0.649. The van der Waals surface area contributed by atoms with Crippen LogP contribution in [0.5, 0.6) is 0 Å². The molecule has 0 aliphatic heterocycles. The SMILES string of the molecule is CC1CC(Nc2ncc[nH]2)C1. The van der Waals surface area contributed by atoms with Crippen LogP contribution in [0, 0.1) is 5.92 Å². The molecule has 2 rings (SSSR count). The fraction of sp³-hybridized carbons (Fsp3) is 0.625. The Bertz CT molecular complexity index is 211. The average Bonchev–Trinajstić information content (AvgIpc) is 2.36. The predicted octanol–water partition coefficient (Wildman–Crippen LogP) is 1.62. The van der Waals surface area contributed by atoms with Gasteiger partial charge in [-0.25, -0.2) is 4.98 Å². The third-order valence-electron chi connectivity index (χ3n) is 2.21. The van der Waals surface area contributed by atoms with Crippen molar-refractivity contribution >= 4 is 5.95 Å². The smallest absolute Gasteiger partial charge is 0.200 e. The molecular formula is C8H13N3. The molecule has 0 bridgehead atoms. The highest BCUT2D eigenvalue weighted by Gasteiger charge is 2.25. The summed E-state index contributed by atoms with van der Waals surface area (Å²) in [5, 5.41) is 3.32. The number of H-pyrrole nitrogens is 1. The average molecular weight is 151 g/mol. The summed E-state index contributed by atoms with van der Waals surface area (Å²) in [4.78, 5) is 7.13. The van der Waals surface area contributed by atoms with E-state index >= 15 is 0 Å². The van der Waals surface area contributed by atoms with E-state index in [4.69, 9.17) is 0 Å². The number of aromatic nitrogens is 2. The van der Waals surface area contributed by atoms with Crippen LogP contribution < -0.4 is 5.32 Å². The van der Waals surface area contributed by atoms with E-state index in [0.717, 1.165) is 11.9 Å². The second kappa shape index (κ2) is 2.57. The first-order chi connectivity index (χ1) is 5.34. The standard InChI is InChI=1S/C8H13N3/c1-6-4-7(5-6)11-8-9-2-3-10-8/h2-3,6-7H,4-5H2,1H3,(H2,9,10,11). The molecule has 1 saturated carbocycles. The molecule has 3 heteroatoms. The molecule has 1 aliphatic rings. The molecule has 0 atom stereocenters. The summed E-state index contributed by atoms with van der Waals surface area (Å²) in [6.45, 7) is 2.28. The highest BCUT2D eigenvalue weighted by molar-refractivity contribution is 5.25. The molecule has 1 aromatic rings. The van der Waals surface area contributed by atoms with E-state index in [9.17, 15) is 0 Å². The van der Waals surface area contributed by atoms with Crippen molar-refractivity contribution < 1.29 is 0 Å². The topological polar surface area (TPSA) is 40.7 Å². The van der Waals surface area contributed by atoms with E-state index in [1.54, 1.807) is 6.20 Å². The number of nitrogens with zero attached hydrogens (tertiary/aromatic N) is 1. The minimum Gasteiger partial charge on any atom is -0.353 e. The van der Waals surface area contributed by atoms with Crippen LogP contribution in [0.1, 0.15) is 19.8 Å². The molecule has 0 spiro atoms. The molecule has 0 unspecified atom stereocenters. The van der Waals surface area contributed by atoms with E-state index in [2.05, 4.69) is 22.2 Å². The third kappa shape index (κ3) is 1.37. The van der Waals surface area contributed by atoms with Crippen LogP contribution in [0.15, 0.2) is 12.4 Å². The quantitative estimate of drug-likeness (QED) is 0.674. The molecule has 0 saturated heterocycles. The molecule has 11 heavy (non-hydrogen) atoms. The van der Waals surface area contributed by atoms with Crippen molar-refractivity contribution in [1.82, 2.24) is 9.97 Å². The molecule has 3 nitrogen and oxygen atoms in total. The number of hydrogen-bond donors (Lipinski definition) is 2. The predicted molar refractivity (Wildman–Crippen MR) is 44.4 cm³/mol. The first kappa shape index (κ1) is 6.70. The summed E-state index contributed by atoms with van der Waals surface area (Å²) >= 11 is 0. The Balaban J connectivity index is 1.84. The number of rotatable bonds is 2. The van der Waals surface area contributed by atoms with Crippen molar-refractivity contribution in [3.63, 3.8) is 0 Å². The van der Waals surface area contributed by atoms with Gasteiger partial charge in [-0.05, 0) is 18.8 Å². The maximum absolute atomic E-state index is 4.10. The van der Waals surface area contributed by atoms with E-state index < -0.39 is 0 Å². The minimum absolute atomic E-state index is 0.649. The lowest BCUT2D eigenvalue weighted by Gasteiger charge is -2.32. The van der Waals surface area contributed by atoms with Gasteiger partial charge >= 0.3 is 0 Å². The molecule has 2 N–H and O–H groups in total.